The average molecular weight is 287 g/mol. The minimum Gasteiger partial charge on any atom is -0.207 e. The van der Waals surface area contributed by atoms with Crippen molar-refractivity contribution in [2.45, 2.75) is 31.8 Å². The quantitative estimate of drug-likeness (QED) is 0.851. The molecule has 0 fully saturated rings. The molecular formula is C16H17NO2S. The fourth-order valence-electron chi connectivity index (χ4n) is 2.52. The summed E-state index contributed by atoms with van der Waals surface area (Å²) in [7, 11) is -3.40. The Balaban J connectivity index is 1.93. The third-order valence-electron chi connectivity index (χ3n) is 3.71. The Morgan fingerprint density at radius 2 is 1.45 bits per heavy atom. The maximum absolute atomic E-state index is 12.6. The molecule has 20 heavy (non-hydrogen) atoms. The highest BCUT2D eigenvalue weighted by Crippen LogP contribution is 2.29. The summed E-state index contributed by atoms with van der Waals surface area (Å²) in [6.07, 6.45) is 0. The molecule has 0 aromatic heterocycles. The minimum atomic E-state index is -3.40. The van der Waals surface area contributed by atoms with E-state index >= 15 is 0 Å². The number of nitrogens with zero attached hydrogens (tertiary/aromatic N) is 1. The van der Waals surface area contributed by atoms with Crippen molar-refractivity contribution in [3.05, 3.63) is 64.7 Å². The number of fused-ring (bicyclic) bond motifs is 1. The van der Waals surface area contributed by atoms with E-state index in [4.69, 9.17) is 0 Å². The molecule has 1 aliphatic rings. The number of rotatable bonds is 2. The van der Waals surface area contributed by atoms with Crippen molar-refractivity contribution in [3.8, 4) is 0 Å². The van der Waals surface area contributed by atoms with Crippen LogP contribution >= 0.6 is 0 Å². The molecule has 2 aromatic rings. The summed E-state index contributed by atoms with van der Waals surface area (Å²) in [5.41, 5.74) is 4.44. The molecule has 2 aromatic carbocycles. The van der Waals surface area contributed by atoms with E-state index in [2.05, 4.69) is 6.07 Å². The predicted octanol–water partition coefficient (Wildman–Crippen LogP) is 3.01. The number of aryl methyl sites for hydroxylation is 2. The van der Waals surface area contributed by atoms with Gasteiger partial charge in [-0.2, -0.15) is 4.31 Å². The maximum Gasteiger partial charge on any atom is 0.243 e. The van der Waals surface area contributed by atoms with Gasteiger partial charge in [0, 0.05) is 13.1 Å². The minimum absolute atomic E-state index is 0.368. The van der Waals surface area contributed by atoms with E-state index in [9.17, 15) is 8.42 Å². The molecule has 0 radical (unpaired) electrons. The van der Waals surface area contributed by atoms with Crippen molar-refractivity contribution in [2.24, 2.45) is 0 Å². The van der Waals surface area contributed by atoms with Gasteiger partial charge < -0.3 is 0 Å². The topological polar surface area (TPSA) is 37.4 Å². The van der Waals surface area contributed by atoms with Gasteiger partial charge in [0.1, 0.15) is 0 Å². The van der Waals surface area contributed by atoms with Gasteiger partial charge in [-0.1, -0.05) is 41.5 Å². The Kier molecular flexibility index (Phi) is 3.15. The second kappa shape index (κ2) is 4.72. The zero-order valence-corrected chi connectivity index (χ0v) is 12.4. The first-order chi connectivity index (χ1) is 9.46. The van der Waals surface area contributed by atoms with Crippen LogP contribution in [0.1, 0.15) is 22.3 Å². The van der Waals surface area contributed by atoms with E-state index in [0.717, 1.165) is 16.7 Å². The Morgan fingerprint density at radius 3 is 2.15 bits per heavy atom. The highest BCUT2D eigenvalue weighted by atomic mass is 32.2. The highest BCUT2D eigenvalue weighted by molar-refractivity contribution is 7.89. The zero-order valence-electron chi connectivity index (χ0n) is 11.6. The lowest BCUT2D eigenvalue weighted by atomic mass is 10.1. The molecule has 0 spiro atoms. The van der Waals surface area contributed by atoms with E-state index < -0.39 is 10.0 Å². The van der Waals surface area contributed by atoms with Gasteiger partial charge in [-0.3, -0.25) is 0 Å². The Hall–Kier alpha value is -1.65. The van der Waals surface area contributed by atoms with E-state index in [1.165, 1.54) is 5.56 Å². The predicted molar refractivity (Wildman–Crippen MR) is 78.8 cm³/mol. The molecule has 0 unspecified atom stereocenters. The Morgan fingerprint density at radius 1 is 0.850 bits per heavy atom. The van der Waals surface area contributed by atoms with Crippen molar-refractivity contribution in [2.75, 3.05) is 0 Å². The van der Waals surface area contributed by atoms with Crippen LogP contribution in [0.25, 0.3) is 0 Å². The van der Waals surface area contributed by atoms with Crippen LogP contribution in [0, 0.1) is 13.8 Å². The van der Waals surface area contributed by atoms with Gasteiger partial charge in [0.15, 0.2) is 0 Å². The number of sulfonamides is 1. The summed E-state index contributed by atoms with van der Waals surface area (Å²) < 4.78 is 26.8. The van der Waals surface area contributed by atoms with Gasteiger partial charge in [0.2, 0.25) is 10.0 Å². The first kappa shape index (κ1) is 13.3. The van der Waals surface area contributed by atoms with Crippen molar-refractivity contribution < 1.29 is 8.42 Å². The standard InChI is InChI=1S/C16H17NO2S/c1-12-4-7-16(8-5-12)20(18,19)17-10-14-6-3-13(2)9-15(14)11-17/h3-9H,10-11H2,1-2H3. The molecule has 0 bridgehead atoms. The molecule has 0 saturated carbocycles. The third-order valence-corrected chi connectivity index (χ3v) is 5.52. The van der Waals surface area contributed by atoms with Crippen LogP contribution in [-0.4, -0.2) is 12.7 Å². The monoisotopic (exact) mass is 287 g/mol. The zero-order chi connectivity index (χ0) is 14.3. The second-order valence-electron chi connectivity index (χ2n) is 5.36. The molecule has 3 rings (SSSR count). The Bertz CT molecular complexity index is 749. The Labute approximate surface area is 119 Å². The van der Waals surface area contributed by atoms with Gasteiger partial charge in [0.05, 0.1) is 4.90 Å². The van der Waals surface area contributed by atoms with Crippen LogP contribution < -0.4 is 0 Å². The number of benzene rings is 2. The fraction of sp³-hybridized carbons (Fsp3) is 0.250. The van der Waals surface area contributed by atoms with E-state index in [1.807, 2.05) is 38.1 Å². The van der Waals surface area contributed by atoms with Crippen LogP contribution in [-0.2, 0) is 23.1 Å². The normalized spacial score (nSPS) is 15.3. The lowest BCUT2D eigenvalue weighted by Gasteiger charge is -2.15. The molecular weight excluding hydrogens is 270 g/mol. The first-order valence-corrected chi connectivity index (χ1v) is 8.06. The van der Waals surface area contributed by atoms with E-state index in [-0.39, 0.29) is 0 Å². The van der Waals surface area contributed by atoms with Crippen molar-refractivity contribution in [1.82, 2.24) is 4.31 Å². The summed E-state index contributed by atoms with van der Waals surface area (Å²) in [5.74, 6) is 0. The summed E-state index contributed by atoms with van der Waals surface area (Å²) >= 11 is 0. The molecule has 0 atom stereocenters. The smallest absolute Gasteiger partial charge is 0.207 e. The number of hydrogen-bond donors (Lipinski definition) is 0. The van der Waals surface area contributed by atoms with E-state index in [0.29, 0.717) is 18.0 Å². The molecule has 1 heterocycles. The molecule has 0 aliphatic carbocycles. The van der Waals surface area contributed by atoms with Crippen LogP contribution in [0.2, 0.25) is 0 Å². The van der Waals surface area contributed by atoms with Crippen LogP contribution in [0.3, 0.4) is 0 Å². The summed E-state index contributed by atoms with van der Waals surface area (Å²) in [6.45, 7) is 4.90. The van der Waals surface area contributed by atoms with Gasteiger partial charge in [-0.05, 0) is 37.1 Å². The molecule has 0 saturated heterocycles. The average Bonchev–Trinajstić information content (AvgIpc) is 2.83. The van der Waals surface area contributed by atoms with E-state index in [1.54, 1.807) is 16.4 Å². The highest BCUT2D eigenvalue weighted by Gasteiger charge is 2.30. The van der Waals surface area contributed by atoms with Crippen molar-refractivity contribution >= 4 is 10.0 Å². The van der Waals surface area contributed by atoms with Gasteiger partial charge in [-0.25, -0.2) is 8.42 Å². The molecule has 4 heteroatoms. The lowest BCUT2D eigenvalue weighted by Crippen LogP contribution is -2.25. The molecule has 104 valence electrons. The fourth-order valence-corrected chi connectivity index (χ4v) is 3.92. The SMILES string of the molecule is Cc1ccc(S(=O)(=O)N2Cc3ccc(C)cc3C2)cc1. The van der Waals surface area contributed by atoms with Gasteiger partial charge in [-0.15, -0.1) is 0 Å². The molecule has 0 N–H and O–H groups in total. The van der Waals surface area contributed by atoms with Crippen LogP contribution in [0.5, 0.6) is 0 Å². The van der Waals surface area contributed by atoms with Crippen LogP contribution in [0.4, 0.5) is 0 Å². The maximum atomic E-state index is 12.6. The molecule has 3 nitrogen and oxygen atoms in total. The summed E-state index contributed by atoms with van der Waals surface area (Å²) in [6, 6.07) is 13.1. The lowest BCUT2D eigenvalue weighted by molar-refractivity contribution is 0.431. The second-order valence-corrected chi connectivity index (χ2v) is 7.30. The van der Waals surface area contributed by atoms with Crippen molar-refractivity contribution in [1.29, 1.82) is 0 Å². The summed E-state index contributed by atoms with van der Waals surface area (Å²) in [4.78, 5) is 0.368. The molecule has 0 amide bonds. The van der Waals surface area contributed by atoms with Crippen LogP contribution in [0.15, 0.2) is 47.4 Å². The first-order valence-electron chi connectivity index (χ1n) is 6.62. The van der Waals surface area contributed by atoms with Gasteiger partial charge >= 0.3 is 0 Å². The number of hydrogen-bond acceptors (Lipinski definition) is 2. The summed E-state index contributed by atoms with van der Waals surface area (Å²) in [5, 5.41) is 0. The molecule has 1 aliphatic heterocycles. The van der Waals surface area contributed by atoms with Crippen molar-refractivity contribution in [3.63, 3.8) is 0 Å². The third kappa shape index (κ3) is 2.25. The van der Waals surface area contributed by atoms with Gasteiger partial charge in [0.25, 0.3) is 0 Å². The largest absolute Gasteiger partial charge is 0.243 e.